The molecule has 0 rings (SSSR count). The second kappa shape index (κ2) is 76.4. The Balaban J connectivity index is 3.88. The molecule has 0 aromatic heterocycles. The molecule has 0 saturated carbocycles. The molecule has 0 aliphatic rings. The molecule has 0 amide bonds. The van der Waals surface area contributed by atoms with Crippen molar-refractivity contribution in [2.45, 2.75) is 315 Å². The van der Waals surface area contributed by atoms with Crippen LogP contribution in [0.3, 0.4) is 0 Å². The number of ether oxygens (including phenoxy) is 2. The zero-order valence-corrected chi connectivity index (χ0v) is 60.3. The van der Waals surface area contributed by atoms with Crippen molar-refractivity contribution in [3.05, 3.63) is 170 Å². The normalized spacial score (nSPS) is 13.9. The predicted octanol–water partition coefficient (Wildman–Crippen LogP) is 25.3. The molecule has 93 heavy (non-hydrogen) atoms. The molecule has 0 radical (unpaired) electrons. The first-order valence-electron chi connectivity index (χ1n) is 37.6. The molecule has 528 valence electrons. The molecule has 0 heterocycles. The van der Waals surface area contributed by atoms with Crippen LogP contribution in [0.15, 0.2) is 170 Å². The molecule has 0 aromatic rings. The zero-order valence-electron chi connectivity index (χ0n) is 59.4. The van der Waals surface area contributed by atoms with E-state index in [1.165, 1.54) is 135 Å². The average molecular weight is 1310 g/mol. The van der Waals surface area contributed by atoms with Crippen LogP contribution in [0.4, 0.5) is 0 Å². The highest BCUT2D eigenvalue weighted by Crippen LogP contribution is 2.43. The third-order valence-corrected chi connectivity index (χ3v) is 16.6. The second-order valence-corrected chi connectivity index (χ2v) is 25.9. The first kappa shape index (κ1) is 88.4. The van der Waals surface area contributed by atoms with E-state index in [1.807, 2.05) is 0 Å². The van der Waals surface area contributed by atoms with E-state index in [0.29, 0.717) is 6.42 Å². The summed E-state index contributed by atoms with van der Waals surface area (Å²) in [5.41, 5.74) is 5.41. The Hall–Kier alpha value is -4.63. The summed E-state index contributed by atoms with van der Waals surface area (Å²) >= 11 is 0. The van der Waals surface area contributed by atoms with E-state index in [1.54, 1.807) is 0 Å². The lowest BCUT2D eigenvalue weighted by atomic mass is 10.0. The van der Waals surface area contributed by atoms with Gasteiger partial charge in [0.15, 0.2) is 6.10 Å². The molecule has 0 bridgehead atoms. The van der Waals surface area contributed by atoms with E-state index in [0.717, 1.165) is 141 Å². The molecule has 3 N–H and O–H groups in total. The fraction of sp³-hybridized carbons (Fsp3) is 0.639. The smallest absolute Gasteiger partial charge is 0.462 e. The van der Waals surface area contributed by atoms with Crippen molar-refractivity contribution in [3.63, 3.8) is 0 Å². The number of carbonyl (C=O) groups excluding carboxylic acids is 2. The van der Waals surface area contributed by atoms with Gasteiger partial charge in [0, 0.05) is 19.4 Å². The maximum absolute atomic E-state index is 12.8. The monoisotopic (exact) mass is 1310 g/mol. The van der Waals surface area contributed by atoms with Gasteiger partial charge in [0.05, 0.1) is 13.2 Å². The van der Waals surface area contributed by atoms with E-state index < -0.39 is 26.5 Å². The van der Waals surface area contributed by atoms with E-state index in [4.69, 9.17) is 24.3 Å². The molecular weight excluding hydrogens is 1170 g/mol. The van der Waals surface area contributed by atoms with Crippen molar-refractivity contribution >= 4 is 19.8 Å². The minimum absolute atomic E-state index is 0.0465. The van der Waals surface area contributed by atoms with Crippen molar-refractivity contribution in [2.75, 3.05) is 26.4 Å². The third kappa shape index (κ3) is 76.3. The van der Waals surface area contributed by atoms with Gasteiger partial charge in [-0.05, 0) is 128 Å². The highest BCUT2D eigenvalue weighted by atomic mass is 31.2. The van der Waals surface area contributed by atoms with Crippen LogP contribution < -0.4 is 5.73 Å². The molecule has 2 atom stereocenters. The van der Waals surface area contributed by atoms with E-state index in [9.17, 15) is 19.0 Å². The Morgan fingerprint density at radius 1 is 0.323 bits per heavy atom. The topological polar surface area (TPSA) is 134 Å². The molecule has 0 aliphatic carbocycles. The number of unbranched alkanes of at least 4 members (excludes halogenated alkanes) is 28. The number of allylic oxidation sites excluding steroid dienone is 28. The molecule has 0 spiro atoms. The SMILES string of the molecule is CC/C=C\C/C=C\C/C=C\C/C=C\C/C=C\C/C=C\C/C=C\CCCCCCCCCCCCCCCCCCCCCC(=O)OC(COC(=O)CCCCCCCCCCC/C=C\C/C=C\C/C=C\C/C=C\C/C=C\C/C=C\C/C=C\CC)COP(=O)(O)OCCN. The Bertz CT molecular complexity index is 2140. The summed E-state index contributed by atoms with van der Waals surface area (Å²) in [6, 6.07) is 0. The van der Waals surface area contributed by atoms with Crippen molar-refractivity contribution in [1.29, 1.82) is 0 Å². The summed E-state index contributed by atoms with van der Waals surface area (Å²) in [5, 5.41) is 0. The molecule has 0 aromatic carbocycles. The van der Waals surface area contributed by atoms with Crippen molar-refractivity contribution in [1.82, 2.24) is 0 Å². The highest BCUT2D eigenvalue weighted by molar-refractivity contribution is 7.47. The van der Waals surface area contributed by atoms with Gasteiger partial charge >= 0.3 is 19.8 Å². The number of hydrogen-bond acceptors (Lipinski definition) is 8. The van der Waals surface area contributed by atoms with E-state index in [-0.39, 0.29) is 38.6 Å². The number of phosphoric ester groups is 1. The number of esters is 2. The van der Waals surface area contributed by atoms with Gasteiger partial charge in [-0.2, -0.15) is 0 Å². The van der Waals surface area contributed by atoms with Crippen LogP contribution in [0.1, 0.15) is 309 Å². The van der Waals surface area contributed by atoms with Gasteiger partial charge in [0.25, 0.3) is 0 Å². The Morgan fingerprint density at radius 2 is 0.559 bits per heavy atom. The fourth-order valence-electron chi connectivity index (χ4n) is 10.1. The molecule has 9 nitrogen and oxygen atoms in total. The highest BCUT2D eigenvalue weighted by Gasteiger charge is 2.26. The van der Waals surface area contributed by atoms with Gasteiger partial charge in [0.1, 0.15) is 6.61 Å². The second-order valence-electron chi connectivity index (χ2n) is 24.4. The molecule has 2 unspecified atom stereocenters. The van der Waals surface area contributed by atoms with Crippen LogP contribution in [0.5, 0.6) is 0 Å². The molecular formula is C83H138NO8P. The van der Waals surface area contributed by atoms with Crippen molar-refractivity contribution in [2.24, 2.45) is 5.73 Å². The van der Waals surface area contributed by atoms with Crippen LogP contribution in [-0.4, -0.2) is 49.3 Å². The Kier molecular flexibility index (Phi) is 72.6. The number of nitrogens with two attached hydrogens (primary N) is 1. The summed E-state index contributed by atoms with van der Waals surface area (Å²) in [7, 11) is -4.41. The lowest BCUT2D eigenvalue weighted by molar-refractivity contribution is -0.161. The fourth-order valence-corrected chi connectivity index (χ4v) is 10.9. The lowest BCUT2D eigenvalue weighted by Gasteiger charge is -2.19. The van der Waals surface area contributed by atoms with Crippen LogP contribution in [-0.2, 0) is 32.7 Å². The third-order valence-electron chi connectivity index (χ3n) is 15.6. The predicted molar refractivity (Wildman–Crippen MR) is 403 cm³/mol. The maximum atomic E-state index is 12.8. The molecule has 0 saturated heterocycles. The summed E-state index contributed by atoms with van der Waals surface area (Å²) in [4.78, 5) is 35.4. The van der Waals surface area contributed by atoms with Crippen molar-refractivity contribution in [3.8, 4) is 0 Å². The van der Waals surface area contributed by atoms with Gasteiger partial charge in [-0.15, -0.1) is 0 Å². The quantitative estimate of drug-likeness (QED) is 0.0264. The van der Waals surface area contributed by atoms with E-state index >= 15 is 0 Å². The minimum Gasteiger partial charge on any atom is -0.462 e. The molecule has 10 heteroatoms. The first-order chi connectivity index (χ1) is 45.8. The van der Waals surface area contributed by atoms with Crippen LogP contribution in [0.2, 0.25) is 0 Å². The largest absolute Gasteiger partial charge is 0.472 e. The Labute approximate surface area is 571 Å². The van der Waals surface area contributed by atoms with Crippen molar-refractivity contribution < 1.29 is 37.6 Å². The summed E-state index contributed by atoms with van der Waals surface area (Å²) < 4.78 is 33.2. The van der Waals surface area contributed by atoms with Crippen LogP contribution in [0, 0.1) is 0 Å². The number of carbonyl (C=O) groups is 2. The van der Waals surface area contributed by atoms with Gasteiger partial charge in [-0.3, -0.25) is 18.6 Å². The summed E-state index contributed by atoms with van der Waals surface area (Å²) in [5.74, 6) is -0.834. The van der Waals surface area contributed by atoms with Gasteiger partial charge in [-0.25, -0.2) is 4.57 Å². The first-order valence-corrected chi connectivity index (χ1v) is 39.1. The molecule has 0 aliphatic heterocycles. The number of phosphoric acid groups is 1. The summed E-state index contributed by atoms with van der Waals surface area (Å²) in [6.07, 6.45) is 113. The minimum atomic E-state index is -4.41. The van der Waals surface area contributed by atoms with Gasteiger partial charge < -0.3 is 20.1 Å². The maximum Gasteiger partial charge on any atom is 0.472 e. The average Bonchev–Trinajstić information content (AvgIpc) is 3.49. The van der Waals surface area contributed by atoms with Gasteiger partial charge in [-0.1, -0.05) is 338 Å². The number of hydrogen-bond donors (Lipinski definition) is 2. The number of rotatable bonds is 69. The van der Waals surface area contributed by atoms with Crippen LogP contribution >= 0.6 is 7.82 Å². The van der Waals surface area contributed by atoms with Crippen LogP contribution in [0.25, 0.3) is 0 Å². The Morgan fingerprint density at radius 3 is 0.828 bits per heavy atom. The standard InChI is InChI=1S/C83H138NO8P/c1-3-5-7-9-11-13-15-17-19-21-23-25-27-29-31-33-35-36-37-38-39-40-41-42-43-44-46-48-50-52-54-56-58-60-62-64-66-68-70-72-74-76-83(86)92-81(80-91-93(87,88)90-78-77-84)79-89-82(85)75-73-71-69-67-65-63-61-59-57-55-53-51-49-47-45-34-32-30-28-26-24-22-20-18-16-14-12-10-8-6-4-2/h5-8,11-14,17-20,23-26,29-32,35-36,38-39,45,47,51,53,81H,3-4,9-10,15-16,21-22,27-28,33-34,37,40-44,46,48-50,52,54-80,84H2,1-2H3,(H,87,88)/b7-5-,8-6-,13-11-,14-12-,19-17-,20-18-,25-23-,26-24-,31-29-,32-30-,36-35-,39-38-,47-45-,53-51-. The molecule has 0 fully saturated rings. The summed E-state index contributed by atoms with van der Waals surface area (Å²) in [6.45, 7) is 3.52. The van der Waals surface area contributed by atoms with Gasteiger partial charge in [0.2, 0.25) is 0 Å². The zero-order chi connectivity index (χ0) is 67.2. The lowest BCUT2D eigenvalue weighted by Crippen LogP contribution is -2.29. The van der Waals surface area contributed by atoms with E-state index in [2.05, 4.69) is 184 Å².